The molecule has 1 aromatic heterocycles. The summed E-state index contributed by atoms with van der Waals surface area (Å²) in [5.41, 5.74) is 8.23. The summed E-state index contributed by atoms with van der Waals surface area (Å²) in [6, 6.07) is 6.30. The summed E-state index contributed by atoms with van der Waals surface area (Å²) < 4.78 is 27.7. The molecule has 0 aliphatic carbocycles. The third kappa shape index (κ3) is 3.10. The molecule has 7 heteroatoms. The molecule has 0 radical (unpaired) electrons. The highest BCUT2D eigenvalue weighted by Gasteiger charge is 2.15. The van der Waals surface area contributed by atoms with Crippen LogP contribution in [0.15, 0.2) is 40.0 Å². The second kappa shape index (κ2) is 5.41. The largest absolute Gasteiger partial charge is 0.399 e. The lowest BCUT2D eigenvalue weighted by molar-refractivity contribution is 0.601. The number of aromatic nitrogens is 1. The quantitative estimate of drug-likeness (QED) is 0.654. The van der Waals surface area contributed by atoms with E-state index < -0.39 is 10.0 Å². The minimum atomic E-state index is -3.64. The van der Waals surface area contributed by atoms with Crippen molar-refractivity contribution in [2.75, 3.05) is 10.5 Å². The molecule has 0 saturated carbocycles. The minimum Gasteiger partial charge on any atom is -0.399 e. The summed E-state index contributed by atoms with van der Waals surface area (Å²) >= 11 is 3.27. The summed E-state index contributed by atoms with van der Waals surface area (Å²) in [7, 11) is -3.64. The van der Waals surface area contributed by atoms with Crippen LogP contribution >= 0.6 is 15.9 Å². The predicted molar refractivity (Wildman–Crippen MR) is 83.1 cm³/mol. The number of sulfonamides is 1. The van der Waals surface area contributed by atoms with Crippen molar-refractivity contribution in [2.45, 2.75) is 18.7 Å². The molecule has 2 aromatic rings. The molecule has 0 aliphatic heterocycles. The van der Waals surface area contributed by atoms with E-state index in [1.54, 1.807) is 19.1 Å². The Morgan fingerprint density at radius 3 is 2.50 bits per heavy atom. The Labute approximate surface area is 126 Å². The third-order valence-corrected chi connectivity index (χ3v) is 5.03. The number of nitrogens with one attached hydrogen (secondary N) is 1. The van der Waals surface area contributed by atoms with E-state index in [0.717, 1.165) is 11.1 Å². The van der Waals surface area contributed by atoms with E-state index in [2.05, 4.69) is 25.6 Å². The fourth-order valence-corrected chi connectivity index (χ4v) is 2.98. The van der Waals surface area contributed by atoms with Crippen molar-refractivity contribution < 1.29 is 8.42 Å². The van der Waals surface area contributed by atoms with E-state index in [4.69, 9.17) is 5.73 Å². The fourth-order valence-electron chi connectivity index (χ4n) is 1.64. The predicted octanol–water partition coefficient (Wildman–Crippen LogP) is 2.84. The molecule has 1 heterocycles. The first-order chi connectivity index (χ1) is 9.29. The molecule has 0 bridgehead atoms. The van der Waals surface area contributed by atoms with Crippen LogP contribution < -0.4 is 10.5 Å². The van der Waals surface area contributed by atoms with Gasteiger partial charge in [0.1, 0.15) is 4.60 Å². The number of rotatable bonds is 3. The molecule has 0 aliphatic rings. The molecule has 0 saturated heterocycles. The Bertz CT molecular complexity index is 760. The van der Waals surface area contributed by atoms with Crippen LogP contribution in [0.1, 0.15) is 11.1 Å². The number of nitrogen functional groups attached to an aromatic ring is 1. The van der Waals surface area contributed by atoms with E-state index in [9.17, 15) is 8.42 Å². The van der Waals surface area contributed by atoms with Gasteiger partial charge >= 0.3 is 0 Å². The molecule has 106 valence electrons. The fraction of sp³-hybridized carbons (Fsp3) is 0.154. The number of benzene rings is 1. The standard InChI is InChI=1S/C13H14BrN3O2S/c1-8-6-11(3-4-12(8)15)20(18,19)17-10-5-9(2)13(14)16-7-10/h3-7,17H,15H2,1-2H3. The Morgan fingerprint density at radius 2 is 1.90 bits per heavy atom. The summed E-state index contributed by atoms with van der Waals surface area (Å²) in [6.07, 6.45) is 1.46. The summed E-state index contributed by atoms with van der Waals surface area (Å²) in [5.74, 6) is 0. The van der Waals surface area contributed by atoms with Crippen LogP contribution in [-0.2, 0) is 10.0 Å². The van der Waals surface area contributed by atoms with E-state index in [1.165, 1.54) is 18.3 Å². The topological polar surface area (TPSA) is 85.1 Å². The average molecular weight is 356 g/mol. The van der Waals surface area contributed by atoms with Gasteiger partial charge in [-0.1, -0.05) is 0 Å². The molecule has 0 unspecified atom stereocenters. The van der Waals surface area contributed by atoms with Gasteiger partial charge in [0.25, 0.3) is 10.0 Å². The smallest absolute Gasteiger partial charge is 0.261 e. The maximum Gasteiger partial charge on any atom is 0.261 e. The van der Waals surface area contributed by atoms with Crippen molar-refractivity contribution in [1.82, 2.24) is 4.98 Å². The first-order valence-corrected chi connectivity index (χ1v) is 8.08. The monoisotopic (exact) mass is 355 g/mol. The highest BCUT2D eigenvalue weighted by molar-refractivity contribution is 9.10. The second-order valence-corrected chi connectivity index (χ2v) is 6.89. The van der Waals surface area contributed by atoms with Crippen LogP contribution in [0.5, 0.6) is 0 Å². The highest BCUT2D eigenvalue weighted by Crippen LogP contribution is 2.22. The Balaban J connectivity index is 2.35. The lowest BCUT2D eigenvalue weighted by Crippen LogP contribution is -2.13. The molecule has 1 aromatic carbocycles. The summed E-state index contributed by atoms with van der Waals surface area (Å²) in [5, 5.41) is 0. The molecule has 3 N–H and O–H groups in total. The van der Waals surface area contributed by atoms with Crippen LogP contribution in [0.4, 0.5) is 11.4 Å². The lowest BCUT2D eigenvalue weighted by atomic mass is 10.2. The van der Waals surface area contributed by atoms with Gasteiger partial charge in [-0.25, -0.2) is 13.4 Å². The van der Waals surface area contributed by atoms with Crippen LogP contribution in [0, 0.1) is 13.8 Å². The lowest BCUT2D eigenvalue weighted by Gasteiger charge is -2.10. The number of hydrogen-bond acceptors (Lipinski definition) is 4. The molecule has 20 heavy (non-hydrogen) atoms. The number of aryl methyl sites for hydroxylation is 2. The van der Waals surface area contributed by atoms with Gasteiger partial charge in [0.2, 0.25) is 0 Å². The zero-order chi connectivity index (χ0) is 14.9. The Hall–Kier alpha value is -1.60. The van der Waals surface area contributed by atoms with E-state index in [1.807, 2.05) is 6.92 Å². The molecule has 0 amide bonds. The number of nitrogens with two attached hydrogens (primary N) is 1. The molecular formula is C13H14BrN3O2S. The molecule has 0 atom stereocenters. The SMILES string of the molecule is Cc1cc(S(=O)(=O)Nc2cnc(Br)c(C)c2)ccc1N. The van der Waals surface area contributed by atoms with Gasteiger partial charge in [-0.3, -0.25) is 4.72 Å². The molecule has 5 nitrogen and oxygen atoms in total. The van der Waals surface area contributed by atoms with E-state index in [0.29, 0.717) is 16.0 Å². The van der Waals surface area contributed by atoms with Gasteiger partial charge in [-0.15, -0.1) is 0 Å². The van der Waals surface area contributed by atoms with Crippen molar-refractivity contribution in [2.24, 2.45) is 0 Å². The number of anilines is 2. The highest BCUT2D eigenvalue weighted by atomic mass is 79.9. The number of halogens is 1. The first kappa shape index (κ1) is 14.8. The number of hydrogen-bond donors (Lipinski definition) is 2. The minimum absolute atomic E-state index is 0.171. The van der Waals surface area contributed by atoms with Crippen molar-refractivity contribution in [3.8, 4) is 0 Å². The van der Waals surface area contributed by atoms with Crippen LogP contribution in [0.25, 0.3) is 0 Å². The average Bonchev–Trinajstić information content (AvgIpc) is 2.37. The van der Waals surface area contributed by atoms with Gasteiger partial charge in [0.15, 0.2) is 0 Å². The molecule has 0 fully saturated rings. The molecule has 0 spiro atoms. The van der Waals surface area contributed by atoms with E-state index >= 15 is 0 Å². The second-order valence-electron chi connectivity index (χ2n) is 4.46. The van der Waals surface area contributed by atoms with Crippen LogP contribution in [-0.4, -0.2) is 13.4 Å². The Morgan fingerprint density at radius 1 is 1.20 bits per heavy atom. The van der Waals surface area contributed by atoms with Crippen LogP contribution in [0.3, 0.4) is 0 Å². The van der Waals surface area contributed by atoms with Gasteiger partial charge in [-0.05, 0) is 65.2 Å². The van der Waals surface area contributed by atoms with Gasteiger partial charge < -0.3 is 5.73 Å². The summed E-state index contributed by atoms with van der Waals surface area (Å²) in [6.45, 7) is 3.60. The van der Waals surface area contributed by atoms with Crippen molar-refractivity contribution in [3.05, 3.63) is 46.2 Å². The maximum absolute atomic E-state index is 12.3. The van der Waals surface area contributed by atoms with Crippen LogP contribution in [0.2, 0.25) is 0 Å². The maximum atomic E-state index is 12.3. The number of nitrogens with zero attached hydrogens (tertiary/aromatic N) is 1. The van der Waals surface area contributed by atoms with E-state index in [-0.39, 0.29) is 4.90 Å². The van der Waals surface area contributed by atoms with Gasteiger partial charge in [-0.2, -0.15) is 0 Å². The molecule has 2 rings (SSSR count). The van der Waals surface area contributed by atoms with Gasteiger partial charge in [0, 0.05) is 5.69 Å². The van der Waals surface area contributed by atoms with Gasteiger partial charge in [0.05, 0.1) is 16.8 Å². The summed E-state index contributed by atoms with van der Waals surface area (Å²) in [4.78, 5) is 4.23. The van der Waals surface area contributed by atoms with Crippen molar-refractivity contribution >= 4 is 37.3 Å². The van der Waals surface area contributed by atoms with Crippen molar-refractivity contribution in [1.29, 1.82) is 0 Å². The molecular weight excluding hydrogens is 342 g/mol. The number of pyridine rings is 1. The van der Waals surface area contributed by atoms with Crippen molar-refractivity contribution in [3.63, 3.8) is 0 Å². The normalized spacial score (nSPS) is 11.3. The third-order valence-electron chi connectivity index (χ3n) is 2.82. The Kier molecular flexibility index (Phi) is 4.01. The first-order valence-electron chi connectivity index (χ1n) is 5.81. The zero-order valence-corrected chi connectivity index (χ0v) is 13.4. The zero-order valence-electron chi connectivity index (χ0n) is 11.0.